The first-order valence-corrected chi connectivity index (χ1v) is 9.22. The zero-order valence-electron chi connectivity index (χ0n) is 13.8. The number of benzene rings is 2. The van der Waals surface area contributed by atoms with Gasteiger partial charge in [0.05, 0.1) is 15.9 Å². The second-order valence-corrected chi connectivity index (χ2v) is 7.57. The summed E-state index contributed by atoms with van der Waals surface area (Å²) in [6, 6.07) is 13.0. The molecule has 0 saturated heterocycles. The summed E-state index contributed by atoms with van der Waals surface area (Å²) in [5, 5.41) is 2.67. The molecule has 0 aliphatic carbocycles. The Morgan fingerprint density at radius 3 is 2.40 bits per heavy atom. The predicted molar refractivity (Wildman–Crippen MR) is 95.9 cm³/mol. The number of fused-ring (bicyclic) bond motifs is 1. The number of aromatic amines is 1. The summed E-state index contributed by atoms with van der Waals surface area (Å²) in [5.74, 6) is -0.0378. The summed E-state index contributed by atoms with van der Waals surface area (Å²) in [7, 11) is -3.58. The van der Waals surface area contributed by atoms with Crippen molar-refractivity contribution in [1.82, 2.24) is 14.7 Å². The quantitative estimate of drug-likeness (QED) is 0.652. The molecule has 0 atom stereocenters. The first kappa shape index (κ1) is 17.1. The van der Waals surface area contributed by atoms with Gasteiger partial charge in [-0.3, -0.25) is 10.1 Å². The van der Waals surface area contributed by atoms with E-state index in [1.807, 2.05) is 24.3 Å². The lowest BCUT2D eigenvalue weighted by Gasteiger charge is -2.10. The van der Waals surface area contributed by atoms with Crippen LogP contribution >= 0.6 is 0 Å². The lowest BCUT2D eigenvalue weighted by atomic mass is 10.2. The van der Waals surface area contributed by atoms with Gasteiger partial charge >= 0.3 is 0 Å². The van der Waals surface area contributed by atoms with Crippen molar-refractivity contribution in [3.8, 4) is 0 Å². The zero-order valence-corrected chi connectivity index (χ0v) is 14.6. The average Bonchev–Trinajstić information content (AvgIpc) is 2.96. The van der Waals surface area contributed by atoms with Gasteiger partial charge in [0.15, 0.2) is 0 Å². The largest absolute Gasteiger partial charge is 0.324 e. The van der Waals surface area contributed by atoms with Crippen LogP contribution in [-0.2, 0) is 10.0 Å². The number of anilines is 1. The van der Waals surface area contributed by atoms with Crippen LogP contribution in [0, 0.1) is 0 Å². The lowest BCUT2D eigenvalue weighted by molar-refractivity contribution is 0.102. The monoisotopic (exact) mass is 358 g/mol. The van der Waals surface area contributed by atoms with Crippen molar-refractivity contribution < 1.29 is 13.2 Å². The molecule has 8 heteroatoms. The van der Waals surface area contributed by atoms with Crippen LogP contribution in [0.5, 0.6) is 0 Å². The molecule has 25 heavy (non-hydrogen) atoms. The molecule has 3 aromatic rings. The Labute approximate surface area is 145 Å². The molecule has 1 heterocycles. The standard InChI is InChI=1S/C17H18N4O3S/c1-11(2)21-25(23,24)13-9-7-12(8-10-13)16(22)20-17-18-14-5-3-4-6-15(14)19-17/h3-11,21H,1-2H3,(H2,18,19,20,22). The first-order chi connectivity index (χ1) is 11.8. The highest BCUT2D eigenvalue weighted by atomic mass is 32.2. The first-order valence-electron chi connectivity index (χ1n) is 7.74. The topological polar surface area (TPSA) is 104 Å². The maximum absolute atomic E-state index is 12.3. The summed E-state index contributed by atoms with van der Waals surface area (Å²) >= 11 is 0. The van der Waals surface area contributed by atoms with Crippen LogP contribution in [0.25, 0.3) is 11.0 Å². The molecule has 0 saturated carbocycles. The van der Waals surface area contributed by atoms with E-state index in [1.165, 1.54) is 24.3 Å². The Hall–Kier alpha value is -2.71. The molecule has 0 aliphatic rings. The Balaban J connectivity index is 1.76. The van der Waals surface area contributed by atoms with Crippen LogP contribution in [0.15, 0.2) is 53.4 Å². The van der Waals surface area contributed by atoms with E-state index in [4.69, 9.17) is 0 Å². The van der Waals surface area contributed by atoms with Gasteiger partial charge in [-0.1, -0.05) is 12.1 Å². The molecule has 3 rings (SSSR count). The van der Waals surface area contributed by atoms with Gasteiger partial charge in [0.25, 0.3) is 5.91 Å². The van der Waals surface area contributed by atoms with Gasteiger partial charge in [0, 0.05) is 11.6 Å². The molecule has 7 nitrogen and oxygen atoms in total. The fourth-order valence-corrected chi connectivity index (χ4v) is 3.61. The molecular formula is C17H18N4O3S. The number of amides is 1. The Bertz CT molecular complexity index is 975. The van der Waals surface area contributed by atoms with E-state index in [0.29, 0.717) is 11.5 Å². The number of aromatic nitrogens is 2. The van der Waals surface area contributed by atoms with Crippen molar-refractivity contribution in [3.63, 3.8) is 0 Å². The number of rotatable bonds is 5. The van der Waals surface area contributed by atoms with Crippen LogP contribution in [0.1, 0.15) is 24.2 Å². The summed E-state index contributed by atoms with van der Waals surface area (Å²) in [5.41, 5.74) is 1.90. The van der Waals surface area contributed by atoms with Crippen LogP contribution in [-0.4, -0.2) is 30.3 Å². The zero-order chi connectivity index (χ0) is 18.0. The minimum atomic E-state index is -3.58. The molecule has 0 aliphatic heterocycles. The van der Waals surface area contributed by atoms with Crippen molar-refractivity contribution in [3.05, 3.63) is 54.1 Å². The number of nitrogens with one attached hydrogen (secondary N) is 3. The van der Waals surface area contributed by atoms with E-state index in [1.54, 1.807) is 13.8 Å². The summed E-state index contributed by atoms with van der Waals surface area (Å²) in [6.45, 7) is 3.49. The molecule has 3 N–H and O–H groups in total. The number of carbonyl (C=O) groups excluding carboxylic acids is 1. The van der Waals surface area contributed by atoms with E-state index < -0.39 is 10.0 Å². The van der Waals surface area contributed by atoms with E-state index >= 15 is 0 Å². The van der Waals surface area contributed by atoms with Gasteiger partial charge in [0.2, 0.25) is 16.0 Å². The molecule has 0 unspecified atom stereocenters. The van der Waals surface area contributed by atoms with Gasteiger partial charge < -0.3 is 4.98 Å². The highest BCUT2D eigenvalue weighted by molar-refractivity contribution is 7.89. The number of hydrogen-bond donors (Lipinski definition) is 3. The number of hydrogen-bond acceptors (Lipinski definition) is 4. The molecule has 1 aromatic heterocycles. The normalized spacial score (nSPS) is 11.8. The fourth-order valence-electron chi connectivity index (χ4n) is 2.36. The third kappa shape index (κ3) is 3.86. The molecular weight excluding hydrogens is 340 g/mol. The third-order valence-electron chi connectivity index (χ3n) is 3.44. The van der Waals surface area contributed by atoms with Crippen molar-refractivity contribution >= 4 is 32.9 Å². The Morgan fingerprint density at radius 2 is 1.76 bits per heavy atom. The van der Waals surface area contributed by atoms with Gasteiger partial charge in [-0.25, -0.2) is 18.1 Å². The van der Waals surface area contributed by atoms with E-state index in [0.717, 1.165) is 11.0 Å². The van der Waals surface area contributed by atoms with Crippen molar-refractivity contribution in [2.45, 2.75) is 24.8 Å². The number of nitrogens with zero attached hydrogens (tertiary/aromatic N) is 1. The fraction of sp³-hybridized carbons (Fsp3) is 0.176. The molecule has 130 valence electrons. The van der Waals surface area contributed by atoms with Gasteiger partial charge in [0.1, 0.15) is 0 Å². The Morgan fingerprint density at radius 1 is 1.08 bits per heavy atom. The second kappa shape index (κ2) is 6.66. The number of sulfonamides is 1. The average molecular weight is 358 g/mol. The smallest absolute Gasteiger partial charge is 0.257 e. The lowest BCUT2D eigenvalue weighted by Crippen LogP contribution is -2.30. The van der Waals surface area contributed by atoms with E-state index in [9.17, 15) is 13.2 Å². The maximum atomic E-state index is 12.3. The van der Waals surface area contributed by atoms with Gasteiger partial charge in [-0.05, 0) is 50.2 Å². The van der Waals surface area contributed by atoms with Crippen molar-refractivity contribution in [2.24, 2.45) is 0 Å². The minimum absolute atomic E-state index is 0.112. The van der Waals surface area contributed by atoms with Gasteiger partial charge in [-0.2, -0.15) is 0 Å². The summed E-state index contributed by atoms with van der Waals surface area (Å²) in [6.07, 6.45) is 0. The van der Waals surface area contributed by atoms with Crippen LogP contribution in [0.2, 0.25) is 0 Å². The van der Waals surface area contributed by atoms with E-state index in [-0.39, 0.29) is 16.8 Å². The highest BCUT2D eigenvalue weighted by Gasteiger charge is 2.16. The third-order valence-corrected chi connectivity index (χ3v) is 5.11. The summed E-state index contributed by atoms with van der Waals surface area (Å²) < 4.78 is 26.7. The van der Waals surface area contributed by atoms with Crippen LogP contribution < -0.4 is 10.0 Å². The molecule has 0 bridgehead atoms. The summed E-state index contributed by atoms with van der Waals surface area (Å²) in [4.78, 5) is 19.7. The molecule has 0 spiro atoms. The molecule has 1 amide bonds. The van der Waals surface area contributed by atoms with Crippen LogP contribution in [0.4, 0.5) is 5.95 Å². The molecule has 0 radical (unpaired) electrons. The number of carbonyl (C=O) groups is 1. The SMILES string of the molecule is CC(C)NS(=O)(=O)c1ccc(C(=O)Nc2nc3ccccc3[nH]2)cc1. The maximum Gasteiger partial charge on any atom is 0.257 e. The van der Waals surface area contributed by atoms with Crippen molar-refractivity contribution in [1.29, 1.82) is 0 Å². The van der Waals surface area contributed by atoms with Crippen LogP contribution in [0.3, 0.4) is 0 Å². The highest BCUT2D eigenvalue weighted by Crippen LogP contribution is 2.15. The molecule has 0 fully saturated rings. The van der Waals surface area contributed by atoms with Gasteiger partial charge in [-0.15, -0.1) is 0 Å². The number of para-hydroxylation sites is 2. The predicted octanol–water partition coefficient (Wildman–Crippen LogP) is 2.50. The van der Waals surface area contributed by atoms with E-state index in [2.05, 4.69) is 20.0 Å². The molecule has 2 aromatic carbocycles. The second-order valence-electron chi connectivity index (χ2n) is 5.86. The number of H-pyrrole nitrogens is 1. The Kier molecular flexibility index (Phi) is 4.56. The van der Waals surface area contributed by atoms with Crippen molar-refractivity contribution in [2.75, 3.05) is 5.32 Å². The number of imidazole rings is 1. The minimum Gasteiger partial charge on any atom is -0.324 e.